The number of benzene rings is 6. The second-order valence-corrected chi connectivity index (χ2v) is 12.1. The highest BCUT2D eigenvalue weighted by Crippen LogP contribution is 2.42. The third-order valence-corrected chi connectivity index (χ3v) is 9.58. The summed E-state index contributed by atoms with van der Waals surface area (Å²) in [5, 5.41) is 3.56. The minimum absolute atomic E-state index is 0.730. The number of rotatable bonds is 4. The van der Waals surface area contributed by atoms with Crippen molar-refractivity contribution in [3.05, 3.63) is 152 Å². The van der Waals surface area contributed by atoms with Gasteiger partial charge in [0.2, 0.25) is 0 Å². The van der Waals surface area contributed by atoms with Gasteiger partial charge in [-0.05, 0) is 52.6 Å². The number of nitrogens with zero attached hydrogens (tertiary/aromatic N) is 3. The monoisotopic (exact) mass is 579 g/mol. The first kappa shape index (κ1) is 25.0. The van der Waals surface area contributed by atoms with E-state index < -0.39 is 0 Å². The molecule has 0 atom stereocenters. The first-order valence-electron chi connectivity index (χ1n) is 14.8. The maximum Gasteiger partial charge on any atom is 0.162 e. The predicted octanol–water partition coefficient (Wildman–Crippen LogP) is 10.9. The molecule has 0 fully saturated rings. The highest BCUT2D eigenvalue weighted by Gasteiger charge is 2.21. The molecule has 0 saturated carbocycles. The molecule has 3 aromatic heterocycles. The molecule has 9 aromatic rings. The number of aromatic nitrogens is 3. The molecule has 0 amide bonds. The second-order valence-electron chi connectivity index (χ2n) is 11.0. The van der Waals surface area contributed by atoms with E-state index in [-0.39, 0.29) is 0 Å². The van der Waals surface area contributed by atoms with Crippen LogP contribution in [0.2, 0.25) is 0 Å². The van der Waals surface area contributed by atoms with Gasteiger partial charge in [-0.3, -0.25) is 4.57 Å². The normalized spacial score (nSPS) is 11.6. The Hall–Kier alpha value is -5.58. The molecule has 0 N–H and O–H groups in total. The summed E-state index contributed by atoms with van der Waals surface area (Å²) in [5.74, 6) is 1.64. The van der Waals surface area contributed by atoms with Crippen molar-refractivity contribution in [1.82, 2.24) is 14.5 Å². The fraction of sp³-hybridized carbons (Fsp3) is 0. The van der Waals surface area contributed by atoms with Crippen LogP contribution >= 0.6 is 11.3 Å². The van der Waals surface area contributed by atoms with Gasteiger partial charge in [0, 0.05) is 26.4 Å². The van der Waals surface area contributed by atoms with Crippen molar-refractivity contribution < 1.29 is 0 Å². The van der Waals surface area contributed by atoms with Gasteiger partial charge in [-0.15, -0.1) is 11.3 Å². The van der Waals surface area contributed by atoms with Gasteiger partial charge in [-0.1, -0.05) is 121 Å². The van der Waals surface area contributed by atoms with Crippen molar-refractivity contribution in [2.45, 2.75) is 0 Å². The molecule has 206 valence electrons. The van der Waals surface area contributed by atoms with Gasteiger partial charge in [0.25, 0.3) is 0 Å². The lowest BCUT2D eigenvalue weighted by molar-refractivity contribution is 1.08. The highest BCUT2D eigenvalue weighted by atomic mass is 32.1. The molecule has 0 saturated heterocycles. The van der Waals surface area contributed by atoms with Crippen LogP contribution in [-0.4, -0.2) is 14.5 Å². The summed E-state index contributed by atoms with van der Waals surface area (Å²) in [6.07, 6.45) is 0. The third-order valence-electron chi connectivity index (χ3n) is 8.42. The van der Waals surface area contributed by atoms with Gasteiger partial charge < -0.3 is 0 Å². The number of fused-ring (bicyclic) bond motifs is 6. The Kier molecular flexibility index (Phi) is 5.68. The zero-order valence-corrected chi connectivity index (χ0v) is 24.5. The van der Waals surface area contributed by atoms with Gasteiger partial charge in [0.05, 0.1) is 21.3 Å². The Morgan fingerprint density at radius 1 is 0.432 bits per heavy atom. The summed E-state index contributed by atoms with van der Waals surface area (Å²) in [4.78, 5) is 10.5. The van der Waals surface area contributed by atoms with E-state index in [9.17, 15) is 0 Å². The molecule has 0 bridgehead atoms. The molecule has 0 unspecified atom stereocenters. The van der Waals surface area contributed by atoms with E-state index in [0.717, 1.165) is 43.8 Å². The molecule has 9 rings (SSSR count). The quantitative estimate of drug-likeness (QED) is 0.208. The van der Waals surface area contributed by atoms with Crippen LogP contribution in [0.1, 0.15) is 0 Å². The van der Waals surface area contributed by atoms with E-state index in [4.69, 9.17) is 9.97 Å². The van der Waals surface area contributed by atoms with Gasteiger partial charge in [-0.2, -0.15) is 0 Å². The van der Waals surface area contributed by atoms with Gasteiger partial charge in [0.15, 0.2) is 11.6 Å². The van der Waals surface area contributed by atoms with E-state index in [1.165, 1.54) is 37.7 Å². The SMILES string of the molecule is c1ccc(-c2ccc3c(c2)c2cc(-c4ccccc4)ccc2n3-c2nc(-c3ccccc3)nc3c2sc2ccccc23)cc1. The van der Waals surface area contributed by atoms with Crippen molar-refractivity contribution in [2.24, 2.45) is 0 Å². The van der Waals surface area contributed by atoms with E-state index in [1.807, 2.05) is 18.2 Å². The van der Waals surface area contributed by atoms with Crippen molar-refractivity contribution in [1.29, 1.82) is 0 Å². The lowest BCUT2D eigenvalue weighted by Crippen LogP contribution is -2.01. The van der Waals surface area contributed by atoms with Gasteiger partial charge in [0.1, 0.15) is 0 Å². The molecular formula is C40H25N3S. The average Bonchev–Trinajstić information content (AvgIpc) is 3.64. The standard InChI is InChI=1S/C40H25N3S/c1-4-12-26(13-5-1)29-20-22-34-32(24-29)33-25-30(27-14-6-2-7-15-27)21-23-35(33)43(34)40-38-37(31-18-10-11-19-36(31)44-38)41-39(42-40)28-16-8-3-9-17-28/h1-25H. The lowest BCUT2D eigenvalue weighted by atomic mass is 10.0. The Morgan fingerprint density at radius 3 is 1.55 bits per heavy atom. The van der Waals surface area contributed by atoms with Crippen LogP contribution in [-0.2, 0) is 0 Å². The van der Waals surface area contributed by atoms with Gasteiger partial charge in [-0.25, -0.2) is 9.97 Å². The molecule has 0 radical (unpaired) electrons. The van der Waals surface area contributed by atoms with E-state index in [2.05, 4.69) is 138 Å². The summed E-state index contributed by atoms with van der Waals surface area (Å²) in [6.45, 7) is 0. The van der Waals surface area contributed by atoms with Gasteiger partial charge >= 0.3 is 0 Å². The molecule has 0 aliphatic carbocycles. The zero-order valence-electron chi connectivity index (χ0n) is 23.7. The fourth-order valence-corrected chi connectivity index (χ4v) is 7.44. The maximum absolute atomic E-state index is 5.33. The predicted molar refractivity (Wildman–Crippen MR) is 186 cm³/mol. The molecule has 0 spiro atoms. The molecule has 3 heterocycles. The van der Waals surface area contributed by atoms with Crippen LogP contribution in [0.3, 0.4) is 0 Å². The molecule has 0 aliphatic heterocycles. The Morgan fingerprint density at radius 2 is 0.955 bits per heavy atom. The maximum atomic E-state index is 5.33. The summed E-state index contributed by atoms with van der Waals surface area (Å²) in [6, 6.07) is 53.7. The molecule has 3 nitrogen and oxygen atoms in total. The highest BCUT2D eigenvalue weighted by molar-refractivity contribution is 7.26. The van der Waals surface area contributed by atoms with E-state index in [1.54, 1.807) is 11.3 Å². The average molecular weight is 580 g/mol. The van der Waals surface area contributed by atoms with Crippen LogP contribution in [0.25, 0.3) is 81.6 Å². The van der Waals surface area contributed by atoms with Crippen LogP contribution in [0.5, 0.6) is 0 Å². The largest absolute Gasteiger partial charge is 0.292 e. The van der Waals surface area contributed by atoms with Crippen molar-refractivity contribution in [3.63, 3.8) is 0 Å². The van der Waals surface area contributed by atoms with Crippen LogP contribution in [0.15, 0.2) is 152 Å². The second kappa shape index (κ2) is 10.0. The smallest absolute Gasteiger partial charge is 0.162 e. The molecular weight excluding hydrogens is 555 g/mol. The lowest BCUT2D eigenvalue weighted by Gasteiger charge is -2.11. The molecule has 4 heteroatoms. The topological polar surface area (TPSA) is 30.7 Å². The molecule has 44 heavy (non-hydrogen) atoms. The van der Waals surface area contributed by atoms with E-state index >= 15 is 0 Å². The molecule has 0 aliphatic rings. The van der Waals surface area contributed by atoms with Crippen molar-refractivity contribution >= 4 is 53.4 Å². The minimum atomic E-state index is 0.730. The summed E-state index contributed by atoms with van der Waals surface area (Å²) >= 11 is 1.76. The number of thiophene rings is 1. The zero-order chi connectivity index (χ0) is 29.0. The Bertz CT molecular complexity index is 2380. The summed E-state index contributed by atoms with van der Waals surface area (Å²) in [5.41, 5.74) is 9.05. The van der Waals surface area contributed by atoms with Crippen LogP contribution in [0.4, 0.5) is 0 Å². The van der Waals surface area contributed by atoms with Crippen molar-refractivity contribution in [2.75, 3.05) is 0 Å². The van der Waals surface area contributed by atoms with Crippen molar-refractivity contribution in [3.8, 4) is 39.5 Å². The first-order chi connectivity index (χ1) is 21.8. The van der Waals surface area contributed by atoms with Crippen LogP contribution in [0, 0.1) is 0 Å². The third kappa shape index (κ3) is 3.96. The summed E-state index contributed by atoms with van der Waals surface area (Å²) in [7, 11) is 0. The number of hydrogen-bond donors (Lipinski definition) is 0. The van der Waals surface area contributed by atoms with Crippen LogP contribution < -0.4 is 0 Å². The Balaban J connectivity index is 1.40. The Labute approximate surface area is 258 Å². The summed E-state index contributed by atoms with van der Waals surface area (Å²) < 4.78 is 4.64. The first-order valence-corrected chi connectivity index (χ1v) is 15.6. The number of hydrogen-bond acceptors (Lipinski definition) is 3. The minimum Gasteiger partial charge on any atom is -0.292 e. The molecule has 6 aromatic carbocycles. The van der Waals surface area contributed by atoms with E-state index in [0.29, 0.717) is 0 Å². The fourth-order valence-electron chi connectivity index (χ4n) is 6.32.